The van der Waals surface area contributed by atoms with E-state index in [2.05, 4.69) is 83.0 Å². The first-order valence-corrected chi connectivity index (χ1v) is 20.5. The van der Waals surface area contributed by atoms with Gasteiger partial charge in [-0.05, 0) is 30.3 Å². The SMILES string of the molecule is C.C.C.CC.CC.CCCCC([O-])c1ccccc1[Si](C)(C)C.CCCCC1O[Si](C)(C)c2ccccc21.[CH3-].[Li+].[Li+]. The zero-order valence-corrected chi connectivity index (χ0v) is 29.8. The van der Waals surface area contributed by atoms with Crippen LogP contribution in [0.15, 0.2) is 48.5 Å². The largest absolute Gasteiger partial charge is 1.00 e. The average molecular weight is 593 g/mol. The number of fused-ring (bicyclic) bond motifs is 1. The molecule has 0 saturated heterocycles. The normalized spacial score (nSPS) is 14.0. The molecule has 6 heteroatoms. The molecule has 0 bridgehead atoms. The Labute approximate surface area is 286 Å². The molecule has 0 amide bonds. The Morgan fingerprint density at radius 1 is 0.805 bits per heavy atom. The van der Waals surface area contributed by atoms with E-state index in [1.54, 1.807) is 0 Å². The van der Waals surface area contributed by atoms with Crippen LogP contribution in [0.4, 0.5) is 0 Å². The maximum absolute atomic E-state index is 12.2. The summed E-state index contributed by atoms with van der Waals surface area (Å²) in [7, 11) is -2.95. The van der Waals surface area contributed by atoms with Crippen molar-refractivity contribution < 1.29 is 47.3 Å². The molecule has 0 radical (unpaired) electrons. The second-order valence-electron chi connectivity index (χ2n) is 10.3. The summed E-state index contributed by atoms with van der Waals surface area (Å²) in [4.78, 5) is 0. The minimum atomic E-state index is -1.57. The molecule has 1 heterocycles. The predicted molar refractivity (Wildman–Crippen MR) is 188 cm³/mol. The van der Waals surface area contributed by atoms with Gasteiger partial charge in [-0.1, -0.05) is 175 Å². The van der Waals surface area contributed by atoms with Crippen molar-refractivity contribution in [3.63, 3.8) is 0 Å². The molecule has 232 valence electrons. The zero-order chi connectivity index (χ0) is 27.1. The van der Waals surface area contributed by atoms with Crippen LogP contribution in [0.1, 0.15) is 126 Å². The van der Waals surface area contributed by atoms with E-state index in [0.717, 1.165) is 24.8 Å². The maximum atomic E-state index is 12.2. The van der Waals surface area contributed by atoms with Crippen molar-refractivity contribution in [2.45, 2.75) is 147 Å². The van der Waals surface area contributed by atoms with E-state index in [9.17, 15) is 5.11 Å². The molecule has 1 aliphatic rings. The first-order chi connectivity index (χ1) is 16.6. The van der Waals surface area contributed by atoms with Crippen molar-refractivity contribution in [3.05, 3.63) is 67.1 Å². The Morgan fingerprint density at radius 2 is 1.27 bits per heavy atom. The molecule has 0 spiro atoms. The van der Waals surface area contributed by atoms with Gasteiger partial charge >= 0.3 is 37.7 Å². The van der Waals surface area contributed by atoms with Crippen LogP contribution in [-0.2, 0) is 4.43 Å². The minimum Gasteiger partial charge on any atom is -0.849 e. The van der Waals surface area contributed by atoms with Crippen molar-refractivity contribution in [2.24, 2.45) is 0 Å². The molecule has 1 aliphatic heterocycles. The fraction of sp³-hybridized carbons (Fsp3) is 0.629. The molecular formula is C35H70Li2O2Si2. The summed E-state index contributed by atoms with van der Waals surface area (Å²) in [5.74, 6) is 0. The molecule has 2 nitrogen and oxygen atoms in total. The molecule has 41 heavy (non-hydrogen) atoms. The number of unbranched alkanes of at least 4 members (excludes halogenated alkanes) is 2. The molecule has 2 atom stereocenters. The topological polar surface area (TPSA) is 32.3 Å². The van der Waals surface area contributed by atoms with Crippen LogP contribution in [0.3, 0.4) is 0 Å². The third-order valence-corrected chi connectivity index (χ3v) is 10.8. The molecule has 0 aliphatic carbocycles. The third-order valence-electron chi connectivity index (χ3n) is 6.15. The number of hydrogen-bond acceptors (Lipinski definition) is 2. The summed E-state index contributed by atoms with van der Waals surface area (Å²) in [6.45, 7) is 23.9. The Hall–Kier alpha value is -0.0114. The maximum Gasteiger partial charge on any atom is 1.00 e. The average Bonchev–Trinajstić information content (AvgIpc) is 3.13. The molecule has 0 N–H and O–H groups in total. The minimum absolute atomic E-state index is 0. The molecule has 2 aromatic rings. The molecule has 2 unspecified atom stereocenters. The van der Waals surface area contributed by atoms with Crippen molar-refractivity contribution in [2.75, 3.05) is 0 Å². The van der Waals surface area contributed by atoms with Crippen molar-refractivity contribution in [3.8, 4) is 0 Å². The van der Waals surface area contributed by atoms with Crippen LogP contribution >= 0.6 is 0 Å². The second kappa shape index (κ2) is 30.0. The van der Waals surface area contributed by atoms with Gasteiger partial charge in [-0.3, -0.25) is 0 Å². The predicted octanol–water partition coefficient (Wildman–Crippen LogP) is 4.60. The van der Waals surface area contributed by atoms with E-state index in [1.807, 2.05) is 39.8 Å². The summed E-state index contributed by atoms with van der Waals surface area (Å²) in [6.07, 6.45) is 6.47. The summed E-state index contributed by atoms with van der Waals surface area (Å²) in [5, 5.41) is 15.0. The van der Waals surface area contributed by atoms with Crippen LogP contribution in [-0.4, -0.2) is 16.4 Å². The van der Waals surface area contributed by atoms with Gasteiger partial charge in [0.2, 0.25) is 8.32 Å². The molecular weight excluding hydrogens is 522 g/mol. The summed E-state index contributed by atoms with van der Waals surface area (Å²) in [5.41, 5.74) is 2.51. The van der Waals surface area contributed by atoms with Crippen LogP contribution in [0, 0.1) is 7.43 Å². The molecule has 3 rings (SSSR count). The van der Waals surface area contributed by atoms with Crippen LogP contribution < -0.4 is 53.2 Å². The van der Waals surface area contributed by atoms with Crippen molar-refractivity contribution >= 4 is 26.8 Å². The van der Waals surface area contributed by atoms with Crippen LogP contribution in [0.5, 0.6) is 0 Å². The fourth-order valence-electron chi connectivity index (χ4n) is 4.42. The summed E-state index contributed by atoms with van der Waals surface area (Å²) >= 11 is 0. The Morgan fingerprint density at radius 3 is 1.76 bits per heavy atom. The summed E-state index contributed by atoms with van der Waals surface area (Å²) < 4.78 is 6.26. The Bertz CT molecular complexity index is 824. The molecule has 2 aromatic carbocycles. The van der Waals surface area contributed by atoms with E-state index in [-0.39, 0.29) is 67.4 Å². The Kier molecular flexibility index (Phi) is 41.6. The van der Waals surface area contributed by atoms with E-state index in [0.29, 0.717) is 6.10 Å². The van der Waals surface area contributed by atoms with Gasteiger partial charge in [0.1, 0.15) is 0 Å². The molecule has 0 fully saturated rings. The van der Waals surface area contributed by atoms with Gasteiger partial charge in [-0.25, -0.2) is 0 Å². The Balaban J connectivity index is -0.0000000889. The standard InChI is InChI=1S/C14H23OSi.C13H20OSi.2C2H6.3CH4.CH3.2Li/c1-5-6-10-13(15)12-9-7-8-11-14(12)16(2,3)4;1-4-5-9-12-11-8-6-7-10-13(11)15(2,3)14-12;2*1-2;;;;;;/h7-9,11,13H,5-6,10H2,1-4H3;6-8,10,12H,4-5,9H2,1-3H3;2*1-2H3;3*1H4;1H3;;/q-1;;;;;;;-1;2*+1. The quantitative estimate of drug-likeness (QED) is 0.332. The third kappa shape index (κ3) is 19.1. The van der Waals surface area contributed by atoms with Gasteiger partial charge in [-0.2, -0.15) is 0 Å². The first kappa shape index (κ1) is 56.7. The van der Waals surface area contributed by atoms with E-state index in [4.69, 9.17) is 4.43 Å². The smallest absolute Gasteiger partial charge is 0.849 e. The van der Waals surface area contributed by atoms with E-state index >= 15 is 0 Å². The van der Waals surface area contributed by atoms with Crippen molar-refractivity contribution in [1.29, 1.82) is 0 Å². The van der Waals surface area contributed by atoms with E-state index in [1.165, 1.54) is 35.2 Å². The van der Waals surface area contributed by atoms with Gasteiger partial charge in [0.15, 0.2) is 0 Å². The monoisotopic (exact) mass is 593 g/mol. The van der Waals surface area contributed by atoms with Gasteiger partial charge in [0.05, 0.1) is 14.2 Å². The molecule has 0 saturated carbocycles. The number of hydrogen-bond donors (Lipinski definition) is 0. The van der Waals surface area contributed by atoms with Gasteiger partial charge < -0.3 is 17.0 Å². The fourth-order valence-corrected chi connectivity index (χ4v) is 8.65. The first-order valence-electron chi connectivity index (χ1n) is 14.1. The van der Waals surface area contributed by atoms with Gasteiger partial charge in [0.25, 0.3) is 0 Å². The van der Waals surface area contributed by atoms with E-state index < -0.39 is 22.5 Å². The van der Waals surface area contributed by atoms with Crippen molar-refractivity contribution in [1.82, 2.24) is 0 Å². The second-order valence-corrected chi connectivity index (χ2v) is 19.1. The van der Waals surface area contributed by atoms with Crippen LogP contribution in [0.25, 0.3) is 0 Å². The summed E-state index contributed by atoms with van der Waals surface area (Å²) in [6, 6.07) is 17.0. The van der Waals surface area contributed by atoms with Gasteiger partial charge in [-0.15, -0.1) is 6.10 Å². The number of rotatable bonds is 8. The van der Waals surface area contributed by atoms with Gasteiger partial charge in [0, 0.05) is 0 Å². The zero-order valence-electron chi connectivity index (χ0n) is 27.8. The number of benzene rings is 2. The van der Waals surface area contributed by atoms with Crippen LogP contribution in [0.2, 0.25) is 32.7 Å². The molecule has 0 aromatic heterocycles.